The summed E-state index contributed by atoms with van der Waals surface area (Å²) in [6, 6.07) is 2.45. The van der Waals surface area contributed by atoms with Gasteiger partial charge in [-0.15, -0.1) is 11.3 Å². The average Bonchev–Trinajstić information content (AvgIpc) is 2.46. The summed E-state index contributed by atoms with van der Waals surface area (Å²) in [5, 5.41) is 11.0. The van der Waals surface area contributed by atoms with Crippen molar-refractivity contribution in [3.05, 3.63) is 20.8 Å². The van der Waals surface area contributed by atoms with Gasteiger partial charge in [0.25, 0.3) is 0 Å². The van der Waals surface area contributed by atoms with E-state index >= 15 is 0 Å². The van der Waals surface area contributed by atoms with E-state index in [1.54, 1.807) is 11.3 Å². The number of rotatable bonds is 4. The second kappa shape index (κ2) is 5.10. The molecule has 13 heavy (non-hydrogen) atoms. The van der Waals surface area contributed by atoms with Crippen LogP contribution in [-0.2, 0) is 0 Å². The van der Waals surface area contributed by atoms with E-state index in [0.29, 0.717) is 6.04 Å². The second-order valence-corrected chi connectivity index (χ2v) is 5.02. The molecule has 1 unspecified atom stereocenters. The summed E-state index contributed by atoms with van der Waals surface area (Å²) in [6.07, 6.45) is 0.792. The van der Waals surface area contributed by atoms with Crippen molar-refractivity contribution in [1.82, 2.24) is 4.90 Å². The van der Waals surface area contributed by atoms with Crippen molar-refractivity contribution in [2.24, 2.45) is 0 Å². The molecule has 0 spiro atoms. The van der Waals surface area contributed by atoms with Gasteiger partial charge in [0.15, 0.2) is 0 Å². The number of aliphatic hydroxyl groups excluding tert-OH is 1. The molecule has 0 saturated heterocycles. The molecule has 0 aromatic carbocycles. The molecule has 0 radical (unpaired) electrons. The lowest BCUT2D eigenvalue weighted by molar-refractivity contribution is 0.213. The van der Waals surface area contributed by atoms with Gasteiger partial charge >= 0.3 is 0 Å². The van der Waals surface area contributed by atoms with Crippen LogP contribution in [0.5, 0.6) is 0 Å². The van der Waals surface area contributed by atoms with Crippen molar-refractivity contribution in [3.8, 4) is 0 Å². The lowest BCUT2D eigenvalue weighted by Crippen LogP contribution is -2.19. The van der Waals surface area contributed by atoms with Crippen LogP contribution < -0.4 is 0 Å². The molecular weight excluding hydrogens is 250 g/mol. The number of hydrogen-bond donors (Lipinski definition) is 1. The first kappa shape index (κ1) is 11.2. The van der Waals surface area contributed by atoms with Crippen LogP contribution in [0.3, 0.4) is 0 Å². The van der Waals surface area contributed by atoms with E-state index in [4.69, 9.17) is 5.11 Å². The molecule has 2 nitrogen and oxygen atoms in total. The van der Waals surface area contributed by atoms with E-state index in [9.17, 15) is 0 Å². The Morgan fingerprint density at radius 1 is 1.62 bits per heavy atom. The molecule has 1 aromatic heterocycles. The van der Waals surface area contributed by atoms with Crippen LogP contribution in [0, 0.1) is 0 Å². The molecule has 1 N–H and O–H groups in total. The van der Waals surface area contributed by atoms with Crippen molar-refractivity contribution < 1.29 is 5.11 Å². The molecule has 1 heterocycles. The van der Waals surface area contributed by atoms with Gasteiger partial charge in [-0.05, 0) is 42.5 Å². The lowest BCUT2D eigenvalue weighted by atomic mass is 10.1. The van der Waals surface area contributed by atoms with Crippen LogP contribution in [0.15, 0.2) is 15.9 Å². The van der Waals surface area contributed by atoms with Gasteiger partial charge in [0.2, 0.25) is 0 Å². The summed E-state index contributed by atoms with van der Waals surface area (Å²) in [5.74, 6) is 0. The largest absolute Gasteiger partial charge is 0.396 e. The molecule has 0 aliphatic carbocycles. The summed E-state index contributed by atoms with van der Waals surface area (Å²) in [6.45, 7) is 0.234. The first-order valence-electron chi connectivity index (χ1n) is 4.16. The maximum Gasteiger partial charge on any atom is 0.0457 e. The molecule has 1 aromatic rings. The standard InChI is InChI=1S/C9H14BrNOS/c1-11(2)8(3-4-12)9-5-7(10)6-13-9/h5-6,8,12H,3-4H2,1-2H3. The maximum absolute atomic E-state index is 8.92. The van der Waals surface area contributed by atoms with Gasteiger partial charge in [-0.1, -0.05) is 0 Å². The van der Waals surface area contributed by atoms with E-state index in [2.05, 4.69) is 32.3 Å². The summed E-state index contributed by atoms with van der Waals surface area (Å²) < 4.78 is 1.12. The minimum atomic E-state index is 0.234. The minimum Gasteiger partial charge on any atom is -0.396 e. The second-order valence-electron chi connectivity index (χ2n) is 3.16. The maximum atomic E-state index is 8.92. The summed E-state index contributed by atoms with van der Waals surface area (Å²) >= 11 is 5.16. The summed E-state index contributed by atoms with van der Waals surface area (Å²) in [4.78, 5) is 3.43. The topological polar surface area (TPSA) is 23.5 Å². The van der Waals surface area contributed by atoms with E-state index in [0.717, 1.165) is 10.9 Å². The Labute approximate surface area is 91.3 Å². The quantitative estimate of drug-likeness (QED) is 0.903. The fraction of sp³-hybridized carbons (Fsp3) is 0.556. The normalized spacial score (nSPS) is 13.6. The fourth-order valence-electron chi connectivity index (χ4n) is 1.28. The molecular formula is C9H14BrNOS. The lowest BCUT2D eigenvalue weighted by Gasteiger charge is -2.21. The molecule has 0 fully saturated rings. The predicted octanol–water partition coefficient (Wildman–Crippen LogP) is 2.50. The third-order valence-corrected chi connectivity index (χ3v) is 3.74. The minimum absolute atomic E-state index is 0.234. The van der Waals surface area contributed by atoms with Gasteiger partial charge in [-0.25, -0.2) is 0 Å². The van der Waals surface area contributed by atoms with Crippen LogP contribution in [0.25, 0.3) is 0 Å². The zero-order valence-electron chi connectivity index (χ0n) is 7.83. The van der Waals surface area contributed by atoms with Gasteiger partial charge in [-0.2, -0.15) is 0 Å². The molecule has 0 aliphatic heterocycles. The van der Waals surface area contributed by atoms with Crippen molar-refractivity contribution in [3.63, 3.8) is 0 Å². The van der Waals surface area contributed by atoms with E-state index in [1.165, 1.54) is 4.88 Å². The SMILES string of the molecule is CN(C)C(CCO)c1cc(Br)cs1. The molecule has 0 saturated carbocycles. The molecule has 1 atom stereocenters. The molecule has 74 valence electrons. The van der Waals surface area contributed by atoms with Crippen LogP contribution >= 0.6 is 27.3 Å². The van der Waals surface area contributed by atoms with Gasteiger partial charge in [-0.3, -0.25) is 0 Å². The predicted molar refractivity (Wildman–Crippen MR) is 60.1 cm³/mol. The van der Waals surface area contributed by atoms with Gasteiger partial charge < -0.3 is 10.0 Å². The van der Waals surface area contributed by atoms with Crippen molar-refractivity contribution in [1.29, 1.82) is 0 Å². The van der Waals surface area contributed by atoms with Gasteiger partial charge in [0.05, 0.1) is 0 Å². The van der Waals surface area contributed by atoms with E-state index in [-0.39, 0.29) is 6.61 Å². The number of nitrogens with zero attached hydrogens (tertiary/aromatic N) is 1. The Balaban J connectivity index is 2.75. The Hall–Kier alpha value is 0.1000. The molecule has 0 aliphatic rings. The first-order valence-corrected chi connectivity index (χ1v) is 5.83. The van der Waals surface area contributed by atoms with E-state index < -0.39 is 0 Å². The zero-order chi connectivity index (χ0) is 9.84. The highest BCUT2D eigenvalue weighted by Gasteiger charge is 2.14. The number of aliphatic hydroxyl groups is 1. The van der Waals surface area contributed by atoms with Crippen LogP contribution in [0.1, 0.15) is 17.3 Å². The Kier molecular flexibility index (Phi) is 4.38. The Morgan fingerprint density at radius 2 is 2.31 bits per heavy atom. The molecule has 0 amide bonds. The smallest absolute Gasteiger partial charge is 0.0457 e. The van der Waals surface area contributed by atoms with Crippen molar-refractivity contribution in [2.45, 2.75) is 12.5 Å². The number of thiophene rings is 1. The number of hydrogen-bond acceptors (Lipinski definition) is 3. The highest BCUT2D eigenvalue weighted by atomic mass is 79.9. The summed E-state index contributed by atoms with van der Waals surface area (Å²) in [5.41, 5.74) is 0. The molecule has 1 rings (SSSR count). The van der Waals surface area contributed by atoms with Crippen LogP contribution in [0.2, 0.25) is 0 Å². The fourth-order valence-corrected chi connectivity index (χ4v) is 2.96. The van der Waals surface area contributed by atoms with Gasteiger partial charge in [0, 0.05) is 27.4 Å². The first-order chi connectivity index (χ1) is 6.15. The zero-order valence-corrected chi connectivity index (χ0v) is 10.2. The highest BCUT2D eigenvalue weighted by molar-refractivity contribution is 9.10. The third kappa shape index (κ3) is 3.06. The highest BCUT2D eigenvalue weighted by Crippen LogP contribution is 2.30. The van der Waals surface area contributed by atoms with Crippen molar-refractivity contribution in [2.75, 3.05) is 20.7 Å². The third-order valence-electron chi connectivity index (χ3n) is 1.94. The van der Waals surface area contributed by atoms with Crippen LogP contribution in [0.4, 0.5) is 0 Å². The Bertz CT molecular complexity index is 262. The van der Waals surface area contributed by atoms with Gasteiger partial charge in [0.1, 0.15) is 0 Å². The summed E-state index contributed by atoms with van der Waals surface area (Å²) in [7, 11) is 4.07. The van der Waals surface area contributed by atoms with Crippen LogP contribution in [-0.4, -0.2) is 30.7 Å². The monoisotopic (exact) mass is 263 g/mol. The average molecular weight is 264 g/mol. The number of halogens is 1. The molecule has 4 heteroatoms. The van der Waals surface area contributed by atoms with Crippen molar-refractivity contribution >= 4 is 27.3 Å². The Morgan fingerprint density at radius 3 is 2.69 bits per heavy atom. The van der Waals surface area contributed by atoms with E-state index in [1.807, 2.05) is 14.1 Å². The molecule has 0 bridgehead atoms.